The summed E-state index contributed by atoms with van der Waals surface area (Å²) in [6, 6.07) is 5.57. The highest BCUT2D eigenvalue weighted by atomic mass is 16.3. The van der Waals surface area contributed by atoms with E-state index in [0.29, 0.717) is 11.3 Å². The summed E-state index contributed by atoms with van der Waals surface area (Å²) in [4.78, 5) is 11.8. The lowest BCUT2D eigenvalue weighted by atomic mass is 9.88. The molecule has 0 aromatic heterocycles. The minimum absolute atomic E-state index is 0.259. The minimum atomic E-state index is -1.45. The van der Waals surface area contributed by atoms with Crippen LogP contribution in [0.5, 0.6) is 0 Å². The standard InChI is InChI=1S/C13H15NO2/c1-8(2)7-13(16)10-6-9(3)4-5-11(10)14-12(13)15/h4-6,16H,1,7H2,2-3H3,(H,14,15)/t13-/m0/s1. The minimum Gasteiger partial charge on any atom is -0.375 e. The van der Waals surface area contributed by atoms with Crippen LogP contribution in [0.25, 0.3) is 0 Å². The van der Waals surface area contributed by atoms with Gasteiger partial charge < -0.3 is 10.4 Å². The van der Waals surface area contributed by atoms with Gasteiger partial charge in [0, 0.05) is 17.7 Å². The number of hydrogen-bond acceptors (Lipinski definition) is 2. The highest BCUT2D eigenvalue weighted by Crippen LogP contribution is 2.40. The molecule has 0 fully saturated rings. The maximum Gasteiger partial charge on any atom is 0.261 e. The molecule has 1 aliphatic heterocycles. The first kappa shape index (κ1) is 10.9. The fourth-order valence-corrected chi connectivity index (χ4v) is 2.07. The summed E-state index contributed by atoms with van der Waals surface area (Å²) in [6.07, 6.45) is 0.259. The molecular formula is C13H15NO2. The Labute approximate surface area is 94.8 Å². The molecule has 1 aromatic carbocycles. The van der Waals surface area contributed by atoms with Gasteiger partial charge in [0.2, 0.25) is 0 Å². The average Bonchev–Trinajstić information content (AvgIpc) is 2.40. The maximum atomic E-state index is 11.8. The number of benzene rings is 1. The van der Waals surface area contributed by atoms with Crippen LogP contribution in [-0.2, 0) is 10.4 Å². The van der Waals surface area contributed by atoms with E-state index in [0.717, 1.165) is 11.1 Å². The fourth-order valence-electron chi connectivity index (χ4n) is 2.07. The number of hydrogen-bond donors (Lipinski definition) is 2. The molecule has 0 spiro atoms. The number of nitrogens with one attached hydrogen (secondary N) is 1. The van der Waals surface area contributed by atoms with Gasteiger partial charge in [-0.1, -0.05) is 23.3 Å². The summed E-state index contributed by atoms with van der Waals surface area (Å²) in [6.45, 7) is 7.49. The molecular weight excluding hydrogens is 202 g/mol. The molecule has 1 atom stereocenters. The molecule has 1 heterocycles. The van der Waals surface area contributed by atoms with Crippen molar-refractivity contribution in [2.75, 3.05) is 5.32 Å². The molecule has 2 rings (SSSR count). The van der Waals surface area contributed by atoms with Crippen LogP contribution in [-0.4, -0.2) is 11.0 Å². The third-order valence-electron chi connectivity index (χ3n) is 2.80. The molecule has 0 aliphatic carbocycles. The lowest BCUT2D eigenvalue weighted by Gasteiger charge is -2.21. The molecule has 0 saturated heterocycles. The summed E-state index contributed by atoms with van der Waals surface area (Å²) in [5.74, 6) is -0.365. The number of fused-ring (bicyclic) bond motifs is 1. The average molecular weight is 217 g/mol. The van der Waals surface area contributed by atoms with Crippen molar-refractivity contribution < 1.29 is 9.90 Å². The number of amides is 1. The molecule has 16 heavy (non-hydrogen) atoms. The maximum absolute atomic E-state index is 11.8. The van der Waals surface area contributed by atoms with Crippen molar-refractivity contribution in [3.8, 4) is 0 Å². The first-order chi connectivity index (χ1) is 7.43. The normalized spacial score (nSPS) is 22.8. The highest BCUT2D eigenvalue weighted by Gasteiger charge is 2.44. The molecule has 1 aliphatic rings. The van der Waals surface area contributed by atoms with Crippen molar-refractivity contribution in [1.82, 2.24) is 0 Å². The zero-order chi connectivity index (χ0) is 11.9. The molecule has 3 heteroatoms. The Balaban J connectivity index is 2.53. The molecule has 0 bridgehead atoms. The number of rotatable bonds is 2. The molecule has 84 valence electrons. The van der Waals surface area contributed by atoms with Crippen molar-refractivity contribution in [2.24, 2.45) is 0 Å². The highest BCUT2D eigenvalue weighted by molar-refractivity contribution is 6.05. The smallest absolute Gasteiger partial charge is 0.261 e. The molecule has 3 nitrogen and oxygen atoms in total. The predicted octanol–water partition coefficient (Wildman–Crippen LogP) is 2.10. The summed E-state index contributed by atoms with van der Waals surface area (Å²) in [5.41, 5.74) is 1.70. The van der Waals surface area contributed by atoms with Gasteiger partial charge in [0.1, 0.15) is 0 Å². The lowest BCUT2D eigenvalue weighted by molar-refractivity contribution is -0.133. The van der Waals surface area contributed by atoms with E-state index in [1.165, 1.54) is 0 Å². The fraction of sp³-hybridized carbons (Fsp3) is 0.308. The van der Waals surface area contributed by atoms with E-state index < -0.39 is 5.60 Å². The second kappa shape index (κ2) is 3.46. The van der Waals surface area contributed by atoms with Gasteiger partial charge in [-0.2, -0.15) is 0 Å². The zero-order valence-corrected chi connectivity index (χ0v) is 9.50. The Bertz CT molecular complexity index is 479. The third-order valence-corrected chi connectivity index (χ3v) is 2.80. The van der Waals surface area contributed by atoms with E-state index >= 15 is 0 Å². The van der Waals surface area contributed by atoms with Crippen LogP contribution in [0, 0.1) is 6.92 Å². The molecule has 1 aromatic rings. The molecule has 2 N–H and O–H groups in total. The van der Waals surface area contributed by atoms with E-state index in [-0.39, 0.29) is 12.3 Å². The summed E-state index contributed by atoms with van der Waals surface area (Å²) in [7, 11) is 0. The van der Waals surface area contributed by atoms with E-state index in [9.17, 15) is 9.90 Å². The number of carbonyl (C=O) groups excluding carboxylic acids is 1. The number of anilines is 1. The van der Waals surface area contributed by atoms with Gasteiger partial charge in [-0.05, 0) is 19.9 Å². The molecule has 0 saturated carbocycles. The van der Waals surface area contributed by atoms with Crippen molar-refractivity contribution in [3.05, 3.63) is 41.5 Å². The molecule has 0 radical (unpaired) electrons. The van der Waals surface area contributed by atoms with Gasteiger partial charge in [0.15, 0.2) is 5.60 Å². The zero-order valence-electron chi connectivity index (χ0n) is 9.50. The van der Waals surface area contributed by atoms with Gasteiger partial charge in [-0.3, -0.25) is 4.79 Å². The summed E-state index contributed by atoms with van der Waals surface area (Å²) < 4.78 is 0. The number of aliphatic hydroxyl groups is 1. The van der Waals surface area contributed by atoms with E-state index in [1.807, 2.05) is 25.1 Å². The predicted molar refractivity (Wildman–Crippen MR) is 63.1 cm³/mol. The number of carbonyl (C=O) groups is 1. The molecule has 0 unspecified atom stereocenters. The van der Waals surface area contributed by atoms with Crippen LogP contribution in [0.1, 0.15) is 24.5 Å². The van der Waals surface area contributed by atoms with Crippen LogP contribution in [0.15, 0.2) is 30.4 Å². The first-order valence-electron chi connectivity index (χ1n) is 5.23. The summed E-state index contributed by atoms with van der Waals surface area (Å²) >= 11 is 0. The topological polar surface area (TPSA) is 49.3 Å². The van der Waals surface area contributed by atoms with Crippen molar-refractivity contribution in [1.29, 1.82) is 0 Å². The Hall–Kier alpha value is -1.61. The second-order valence-electron chi connectivity index (χ2n) is 4.50. The Morgan fingerprint density at radius 1 is 1.56 bits per heavy atom. The largest absolute Gasteiger partial charge is 0.375 e. The quantitative estimate of drug-likeness (QED) is 0.745. The van der Waals surface area contributed by atoms with Gasteiger partial charge in [0.25, 0.3) is 5.91 Å². The Kier molecular flexibility index (Phi) is 2.35. The van der Waals surface area contributed by atoms with Gasteiger partial charge in [-0.15, -0.1) is 6.58 Å². The monoisotopic (exact) mass is 217 g/mol. The SMILES string of the molecule is C=C(C)C[C@@]1(O)C(=O)Nc2ccc(C)cc21. The van der Waals surface area contributed by atoms with Crippen LogP contribution >= 0.6 is 0 Å². The van der Waals surface area contributed by atoms with Crippen LogP contribution < -0.4 is 5.32 Å². The van der Waals surface area contributed by atoms with E-state index in [1.54, 1.807) is 6.92 Å². The number of aryl methyl sites for hydroxylation is 1. The van der Waals surface area contributed by atoms with Gasteiger partial charge >= 0.3 is 0 Å². The van der Waals surface area contributed by atoms with Crippen molar-refractivity contribution in [2.45, 2.75) is 25.9 Å². The van der Waals surface area contributed by atoms with Crippen LogP contribution in [0.2, 0.25) is 0 Å². The summed E-state index contributed by atoms with van der Waals surface area (Å²) in [5, 5.41) is 13.1. The Morgan fingerprint density at radius 2 is 2.25 bits per heavy atom. The van der Waals surface area contributed by atoms with Gasteiger partial charge in [0.05, 0.1) is 0 Å². The first-order valence-corrected chi connectivity index (χ1v) is 5.23. The third kappa shape index (κ3) is 1.53. The van der Waals surface area contributed by atoms with Crippen molar-refractivity contribution >= 4 is 11.6 Å². The molecule has 1 amide bonds. The lowest BCUT2D eigenvalue weighted by Crippen LogP contribution is -2.34. The van der Waals surface area contributed by atoms with E-state index in [4.69, 9.17) is 0 Å². The second-order valence-corrected chi connectivity index (χ2v) is 4.50. The Morgan fingerprint density at radius 3 is 2.88 bits per heavy atom. The van der Waals surface area contributed by atoms with Crippen molar-refractivity contribution in [3.63, 3.8) is 0 Å². The van der Waals surface area contributed by atoms with E-state index in [2.05, 4.69) is 11.9 Å². The van der Waals surface area contributed by atoms with Crippen LogP contribution in [0.3, 0.4) is 0 Å². The van der Waals surface area contributed by atoms with Gasteiger partial charge in [-0.25, -0.2) is 0 Å². The van der Waals surface area contributed by atoms with Crippen LogP contribution in [0.4, 0.5) is 5.69 Å².